The van der Waals surface area contributed by atoms with Crippen molar-refractivity contribution in [2.24, 2.45) is 0 Å². The summed E-state index contributed by atoms with van der Waals surface area (Å²) >= 11 is 0. The topological polar surface area (TPSA) is 43.4 Å². The van der Waals surface area contributed by atoms with Gasteiger partial charge in [0.25, 0.3) is 0 Å². The van der Waals surface area contributed by atoms with Gasteiger partial charge in [0.15, 0.2) is 0 Å². The smallest absolute Gasteiger partial charge is 0.399 e. The maximum atomic E-state index is 6.00. The van der Waals surface area contributed by atoms with Crippen LogP contribution in [0.2, 0.25) is 0 Å². The van der Waals surface area contributed by atoms with E-state index in [1.54, 1.807) is 12.4 Å². The van der Waals surface area contributed by atoms with Crippen molar-refractivity contribution >= 4 is 18.3 Å². The van der Waals surface area contributed by atoms with E-state index >= 15 is 0 Å². The second-order valence-corrected chi connectivity index (χ2v) is 5.76. The van der Waals surface area contributed by atoms with E-state index in [1.165, 1.54) is 0 Å². The summed E-state index contributed by atoms with van der Waals surface area (Å²) in [4.78, 5) is 4.22. The van der Waals surface area contributed by atoms with Crippen LogP contribution in [0.4, 0.5) is 5.69 Å². The molecule has 1 aromatic heterocycles. The van der Waals surface area contributed by atoms with Gasteiger partial charge in [0.05, 0.1) is 16.9 Å². The Morgan fingerprint density at radius 2 is 1.89 bits per heavy atom. The van der Waals surface area contributed by atoms with Gasteiger partial charge in [-0.2, -0.15) is 0 Å². The number of rotatable bonds is 4. The van der Waals surface area contributed by atoms with E-state index in [-0.39, 0.29) is 18.3 Å². The maximum absolute atomic E-state index is 6.00. The molecule has 1 saturated heterocycles. The Bertz CT molecular complexity index is 458. The minimum atomic E-state index is -0.372. The van der Waals surface area contributed by atoms with Crippen molar-refractivity contribution in [1.29, 1.82) is 0 Å². The number of aromatic nitrogens is 1. The quantitative estimate of drug-likeness (QED) is 0.664. The molecule has 4 nitrogen and oxygen atoms in total. The van der Waals surface area contributed by atoms with Crippen LogP contribution < -0.4 is 10.8 Å². The number of hydrogen-bond acceptors (Lipinski definition) is 4. The van der Waals surface area contributed by atoms with Crippen molar-refractivity contribution in [3.8, 4) is 0 Å². The Balaban J connectivity index is 2.17. The van der Waals surface area contributed by atoms with E-state index in [1.807, 2.05) is 39.8 Å². The summed E-state index contributed by atoms with van der Waals surface area (Å²) in [6, 6.07) is 2.00. The third kappa shape index (κ3) is 2.82. The Labute approximate surface area is 115 Å². The molecule has 0 bridgehead atoms. The minimum absolute atomic E-state index is 0.331. The number of anilines is 1. The average molecular weight is 260 g/mol. The van der Waals surface area contributed by atoms with Crippen molar-refractivity contribution < 1.29 is 9.31 Å². The molecule has 1 aliphatic rings. The first-order valence-electron chi connectivity index (χ1n) is 6.51. The van der Waals surface area contributed by atoms with Crippen LogP contribution in [0.3, 0.4) is 0 Å². The van der Waals surface area contributed by atoms with E-state index in [0.717, 1.165) is 11.2 Å². The van der Waals surface area contributed by atoms with E-state index in [4.69, 9.17) is 9.31 Å². The fourth-order valence-electron chi connectivity index (χ4n) is 1.85. The van der Waals surface area contributed by atoms with Crippen LogP contribution in [0.25, 0.3) is 0 Å². The van der Waals surface area contributed by atoms with Crippen molar-refractivity contribution in [3.05, 3.63) is 31.1 Å². The molecule has 0 unspecified atom stereocenters. The highest BCUT2D eigenvalue weighted by molar-refractivity contribution is 6.62. The first-order valence-corrected chi connectivity index (χ1v) is 6.51. The third-order valence-electron chi connectivity index (χ3n) is 3.74. The molecule has 0 atom stereocenters. The van der Waals surface area contributed by atoms with Gasteiger partial charge in [0.2, 0.25) is 0 Å². The normalized spacial score (nSPS) is 20.3. The first kappa shape index (κ1) is 14.1. The molecule has 1 aliphatic heterocycles. The van der Waals surface area contributed by atoms with Gasteiger partial charge in [-0.3, -0.25) is 4.98 Å². The molecule has 0 amide bonds. The molecule has 0 aliphatic carbocycles. The van der Waals surface area contributed by atoms with E-state index in [0.29, 0.717) is 6.54 Å². The Kier molecular flexibility index (Phi) is 3.70. The van der Waals surface area contributed by atoms with Gasteiger partial charge in [-0.1, -0.05) is 6.08 Å². The Hall–Kier alpha value is -1.33. The molecule has 102 valence electrons. The lowest BCUT2D eigenvalue weighted by molar-refractivity contribution is 0.00578. The van der Waals surface area contributed by atoms with Crippen LogP contribution in [0, 0.1) is 0 Å². The van der Waals surface area contributed by atoms with Crippen LogP contribution in [-0.2, 0) is 9.31 Å². The van der Waals surface area contributed by atoms with Gasteiger partial charge >= 0.3 is 7.12 Å². The molecular formula is C14H21BN2O2. The van der Waals surface area contributed by atoms with Gasteiger partial charge in [0.1, 0.15) is 0 Å². The maximum Gasteiger partial charge on any atom is 0.496 e. The fourth-order valence-corrected chi connectivity index (χ4v) is 1.85. The molecule has 5 heteroatoms. The lowest BCUT2D eigenvalue weighted by Gasteiger charge is -2.32. The number of nitrogens with zero attached hydrogens (tertiary/aromatic N) is 1. The fraction of sp³-hybridized carbons (Fsp3) is 0.500. The van der Waals surface area contributed by atoms with Gasteiger partial charge in [0, 0.05) is 24.4 Å². The molecule has 1 fully saturated rings. The summed E-state index contributed by atoms with van der Waals surface area (Å²) in [6.07, 6.45) is 5.36. The number of nitrogens with one attached hydrogen (secondary N) is 1. The molecule has 2 rings (SSSR count). The summed E-state index contributed by atoms with van der Waals surface area (Å²) in [5.74, 6) is 0. The summed E-state index contributed by atoms with van der Waals surface area (Å²) in [5.41, 5.74) is 1.20. The standard InChI is InChI=1S/C14H21BN2O2/c1-6-7-17-12-8-11(9-16-10-12)15-18-13(2,3)14(4,5)19-15/h6,8-10,17H,1,7H2,2-5H3. The highest BCUT2D eigenvalue weighted by Gasteiger charge is 2.51. The van der Waals surface area contributed by atoms with Crippen molar-refractivity contribution in [1.82, 2.24) is 4.98 Å². The summed E-state index contributed by atoms with van der Waals surface area (Å²) in [5, 5.41) is 3.21. The van der Waals surface area contributed by atoms with Crippen LogP contribution >= 0.6 is 0 Å². The first-order chi connectivity index (χ1) is 8.86. The molecular weight excluding hydrogens is 239 g/mol. The molecule has 1 aromatic rings. The summed E-state index contributed by atoms with van der Waals surface area (Å²) < 4.78 is 12.0. The molecule has 19 heavy (non-hydrogen) atoms. The van der Waals surface area contributed by atoms with Crippen LogP contribution in [0.15, 0.2) is 31.1 Å². The lowest BCUT2D eigenvalue weighted by atomic mass is 9.80. The van der Waals surface area contributed by atoms with Gasteiger partial charge in [-0.25, -0.2) is 0 Å². The van der Waals surface area contributed by atoms with Crippen LogP contribution in [0.5, 0.6) is 0 Å². The number of pyridine rings is 1. The molecule has 1 N–H and O–H groups in total. The van der Waals surface area contributed by atoms with E-state index in [2.05, 4.69) is 16.9 Å². The second-order valence-electron chi connectivity index (χ2n) is 5.76. The van der Waals surface area contributed by atoms with Gasteiger partial charge in [-0.05, 0) is 33.8 Å². The zero-order chi connectivity index (χ0) is 14.1. The highest BCUT2D eigenvalue weighted by atomic mass is 16.7. The molecule has 0 aromatic carbocycles. The summed E-state index contributed by atoms with van der Waals surface area (Å²) in [7, 11) is -0.372. The minimum Gasteiger partial charge on any atom is -0.399 e. The molecule has 2 heterocycles. The zero-order valence-corrected chi connectivity index (χ0v) is 12.1. The predicted molar refractivity (Wildman–Crippen MR) is 78.6 cm³/mol. The van der Waals surface area contributed by atoms with Crippen molar-refractivity contribution in [3.63, 3.8) is 0 Å². The van der Waals surface area contributed by atoms with Crippen LogP contribution in [0.1, 0.15) is 27.7 Å². The highest BCUT2D eigenvalue weighted by Crippen LogP contribution is 2.36. The largest absolute Gasteiger partial charge is 0.496 e. The summed E-state index contributed by atoms with van der Waals surface area (Å²) in [6.45, 7) is 12.6. The average Bonchev–Trinajstić information content (AvgIpc) is 2.56. The van der Waals surface area contributed by atoms with Gasteiger partial charge in [-0.15, -0.1) is 6.58 Å². The van der Waals surface area contributed by atoms with Crippen molar-refractivity contribution in [2.75, 3.05) is 11.9 Å². The Morgan fingerprint density at radius 3 is 2.47 bits per heavy atom. The van der Waals surface area contributed by atoms with Gasteiger partial charge < -0.3 is 14.6 Å². The SMILES string of the molecule is C=CCNc1cncc(B2OC(C)(C)C(C)(C)O2)c1. The zero-order valence-electron chi connectivity index (χ0n) is 12.1. The molecule has 0 radical (unpaired) electrons. The van der Waals surface area contributed by atoms with Crippen LogP contribution in [-0.4, -0.2) is 29.8 Å². The predicted octanol–water partition coefficient (Wildman–Crippen LogP) is 1.98. The Morgan fingerprint density at radius 1 is 1.26 bits per heavy atom. The third-order valence-corrected chi connectivity index (χ3v) is 3.74. The van der Waals surface area contributed by atoms with Crippen molar-refractivity contribution in [2.45, 2.75) is 38.9 Å². The number of hydrogen-bond donors (Lipinski definition) is 1. The van der Waals surface area contributed by atoms with E-state index < -0.39 is 0 Å². The molecule has 0 saturated carbocycles. The monoisotopic (exact) mass is 260 g/mol. The lowest BCUT2D eigenvalue weighted by Crippen LogP contribution is -2.41. The van der Waals surface area contributed by atoms with E-state index in [9.17, 15) is 0 Å². The second kappa shape index (κ2) is 4.98. The molecule has 0 spiro atoms.